The number of allylic oxidation sites excluding steroid dienone is 8. The second kappa shape index (κ2) is 13.2. The summed E-state index contributed by atoms with van der Waals surface area (Å²) in [6.07, 6.45) is 23.0. The third kappa shape index (κ3) is 5.55. The summed E-state index contributed by atoms with van der Waals surface area (Å²) in [7, 11) is 0. The zero-order chi connectivity index (χ0) is 36.3. The molecule has 55 heavy (non-hydrogen) atoms. The molecule has 0 fully saturated rings. The zero-order valence-corrected chi connectivity index (χ0v) is 31.0. The lowest BCUT2D eigenvalue weighted by Gasteiger charge is -2.30. The topological polar surface area (TPSA) is 8.17 Å². The van der Waals surface area contributed by atoms with Gasteiger partial charge in [0.1, 0.15) is 0 Å². The number of aromatic nitrogens is 1. The fourth-order valence-electron chi connectivity index (χ4n) is 9.54. The third-order valence-electron chi connectivity index (χ3n) is 12.3. The van der Waals surface area contributed by atoms with Gasteiger partial charge in [0.2, 0.25) is 0 Å². The Bertz CT molecular complexity index is 2800. The molecule has 1 heterocycles. The number of nitrogens with zero attached hydrogens (tertiary/aromatic N) is 2. The van der Waals surface area contributed by atoms with Crippen molar-refractivity contribution in [2.45, 2.75) is 44.4 Å². The maximum Gasteiger partial charge on any atom is 0.0538 e. The number of hydrogen-bond acceptors (Lipinski definition) is 1. The van der Waals surface area contributed by atoms with Crippen LogP contribution in [0.25, 0.3) is 50.1 Å². The molecule has 2 nitrogen and oxygen atoms in total. The van der Waals surface area contributed by atoms with Gasteiger partial charge in [0.05, 0.1) is 5.52 Å². The molecule has 264 valence electrons. The normalized spacial score (nSPS) is 17.0. The smallest absolute Gasteiger partial charge is 0.0538 e. The van der Waals surface area contributed by atoms with Gasteiger partial charge in [-0.25, -0.2) is 0 Å². The first kappa shape index (κ1) is 32.1. The molecule has 0 bridgehead atoms. The van der Waals surface area contributed by atoms with Crippen molar-refractivity contribution in [2.75, 3.05) is 4.90 Å². The monoisotopic (exact) mass is 706 g/mol. The predicted molar refractivity (Wildman–Crippen MR) is 232 cm³/mol. The van der Waals surface area contributed by atoms with Gasteiger partial charge in [-0.05, 0) is 143 Å². The maximum absolute atomic E-state index is 2.47. The van der Waals surface area contributed by atoms with Crippen molar-refractivity contribution >= 4 is 44.7 Å². The highest BCUT2D eigenvalue weighted by Crippen LogP contribution is 2.43. The van der Waals surface area contributed by atoms with Crippen molar-refractivity contribution in [3.8, 4) is 16.8 Å². The van der Waals surface area contributed by atoms with Gasteiger partial charge in [-0.3, -0.25) is 0 Å². The van der Waals surface area contributed by atoms with E-state index in [-0.39, 0.29) is 0 Å². The summed E-state index contributed by atoms with van der Waals surface area (Å²) >= 11 is 0. The molecule has 4 aliphatic carbocycles. The molecule has 7 aromatic rings. The van der Waals surface area contributed by atoms with Gasteiger partial charge >= 0.3 is 0 Å². The Hall–Kier alpha value is -6.38. The van der Waals surface area contributed by atoms with E-state index in [1.165, 1.54) is 89.1 Å². The number of benzene rings is 6. The first-order valence-electron chi connectivity index (χ1n) is 19.9. The van der Waals surface area contributed by atoms with Gasteiger partial charge in [0, 0.05) is 45.3 Å². The minimum Gasteiger partial charge on any atom is -0.313 e. The van der Waals surface area contributed by atoms with Gasteiger partial charge in [-0.15, -0.1) is 0 Å². The highest BCUT2D eigenvalue weighted by Gasteiger charge is 2.25. The first-order chi connectivity index (χ1) is 27.2. The SMILES string of the molecule is C1=CC2=C(CC1)c1ccc(N(C3=CCC(c4ccc5ccccc5c4)C=C3)c3ccc(-c4ccc5c(c4)c4c(n5-c5ccccc5)CCC=C4)cc3)cc1C2. The van der Waals surface area contributed by atoms with Gasteiger partial charge in [-0.2, -0.15) is 0 Å². The van der Waals surface area contributed by atoms with E-state index >= 15 is 0 Å². The maximum atomic E-state index is 2.47. The lowest BCUT2D eigenvalue weighted by Crippen LogP contribution is -2.17. The number of hydrogen-bond donors (Lipinski definition) is 0. The Balaban J connectivity index is 0.952. The Morgan fingerprint density at radius 1 is 0.618 bits per heavy atom. The average Bonchev–Trinajstić information content (AvgIpc) is 3.79. The molecule has 1 unspecified atom stereocenters. The Kier molecular flexibility index (Phi) is 7.69. The van der Waals surface area contributed by atoms with Crippen LogP contribution in [0, 0.1) is 0 Å². The van der Waals surface area contributed by atoms with E-state index in [0.29, 0.717) is 5.92 Å². The second-order valence-corrected chi connectivity index (χ2v) is 15.5. The highest BCUT2D eigenvalue weighted by molar-refractivity contribution is 5.96. The fraction of sp³-hybridized carbons (Fsp3) is 0.132. The van der Waals surface area contributed by atoms with Gasteiger partial charge < -0.3 is 9.47 Å². The van der Waals surface area contributed by atoms with Crippen LogP contribution in [0.4, 0.5) is 11.4 Å². The molecule has 1 aromatic heterocycles. The molecule has 4 aliphatic rings. The molecule has 6 aromatic carbocycles. The summed E-state index contributed by atoms with van der Waals surface area (Å²) in [6.45, 7) is 0. The Labute approximate surface area is 323 Å². The summed E-state index contributed by atoms with van der Waals surface area (Å²) in [6, 6.07) is 49.8. The molecule has 0 amide bonds. The lowest BCUT2D eigenvalue weighted by atomic mass is 9.90. The van der Waals surface area contributed by atoms with Crippen LogP contribution in [0.1, 0.15) is 59.5 Å². The van der Waals surface area contributed by atoms with Crippen LogP contribution in [0.15, 0.2) is 181 Å². The minimum atomic E-state index is 0.354. The quantitative estimate of drug-likeness (QED) is 0.167. The molecule has 0 saturated heterocycles. The van der Waals surface area contributed by atoms with E-state index in [1.807, 2.05) is 0 Å². The molecule has 1 atom stereocenters. The van der Waals surface area contributed by atoms with Crippen LogP contribution in [0.3, 0.4) is 0 Å². The van der Waals surface area contributed by atoms with E-state index in [2.05, 4.69) is 185 Å². The van der Waals surface area contributed by atoms with Crippen LogP contribution < -0.4 is 4.90 Å². The standard InChI is InChI=1S/C53H42N2/c1-2-13-44(14-3-1)55-52-17-9-8-16-50(52)51-35-41(24-31-53(51)55)38-22-27-46(28-23-38)54(47-29-30-49-43(34-47)33-42-12-6-7-15-48(42)49)45-25-20-37(21-26-45)40-19-18-36-10-4-5-11-39(36)32-40/h1-6,8,10-14,16,18-20,22-32,34-35,37H,7,9,15,17,21,33H2. The highest BCUT2D eigenvalue weighted by atomic mass is 15.1. The van der Waals surface area contributed by atoms with E-state index in [9.17, 15) is 0 Å². The van der Waals surface area contributed by atoms with Crippen LogP contribution in [0.5, 0.6) is 0 Å². The van der Waals surface area contributed by atoms with E-state index in [0.717, 1.165) is 38.5 Å². The third-order valence-corrected chi connectivity index (χ3v) is 12.3. The molecule has 0 aliphatic heterocycles. The van der Waals surface area contributed by atoms with Gasteiger partial charge in [0.25, 0.3) is 0 Å². The van der Waals surface area contributed by atoms with E-state index < -0.39 is 0 Å². The molecule has 2 heteroatoms. The number of anilines is 2. The van der Waals surface area contributed by atoms with Gasteiger partial charge in [0.15, 0.2) is 0 Å². The summed E-state index contributed by atoms with van der Waals surface area (Å²) < 4.78 is 2.47. The number of rotatable bonds is 6. The summed E-state index contributed by atoms with van der Waals surface area (Å²) in [5.41, 5.74) is 18.7. The average molecular weight is 707 g/mol. The van der Waals surface area contributed by atoms with Crippen molar-refractivity contribution < 1.29 is 0 Å². The number of para-hydroxylation sites is 1. The molecule has 0 saturated carbocycles. The van der Waals surface area contributed by atoms with Gasteiger partial charge in [-0.1, -0.05) is 121 Å². The predicted octanol–water partition coefficient (Wildman–Crippen LogP) is 13.8. The van der Waals surface area contributed by atoms with E-state index in [4.69, 9.17) is 0 Å². The van der Waals surface area contributed by atoms with Crippen molar-refractivity contribution in [2.24, 2.45) is 0 Å². The summed E-state index contributed by atoms with van der Waals surface area (Å²) in [4.78, 5) is 2.47. The molecule has 0 radical (unpaired) electrons. The van der Waals surface area contributed by atoms with Crippen LogP contribution in [-0.2, 0) is 12.8 Å². The second-order valence-electron chi connectivity index (χ2n) is 15.5. The fourth-order valence-corrected chi connectivity index (χ4v) is 9.54. The van der Waals surface area contributed by atoms with Crippen molar-refractivity contribution in [3.63, 3.8) is 0 Å². The number of fused-ring (bicyclic) bond motifs is 6. The van der Waals surface area contributed by atoms with Crippen LogP contribution >= 0.6 is 0 Å². The van der Waals surface area contributed by atoms with Crippen molar-refractivity contribution in [1.82, 2.24) is 4.57 Å². The summed E-state index contributed by atoms with van der Waals surface area (Å²) in [5, 5.41) is 3.92. The van der Waals surface area contributed by atoms with Crippen LogP contribution in [0.2, 0.25) is 0 Å². The Morgan fingerprint density at radius 2 is 1.42 bits per heavy atom. The zero-order valence-electron chi connectivity index (χ0n) is 31.0. The van der Waals surface area contributed by atoms with Crippen molar-refractivity contribution in [1.29, 1.82) is 0 Å². The first-order valence-corrected chi connectivity index (χ1v) is 19.9. The molecule has 11 rings (SSSR count). The Morgan fingerprint density at radius 3 is 2.29 bits per heavy atom. The summed E-state index contributed by atoms with van der Waals surface area (Å²) in [5.74, 6) is 0.354. The van der Waals surface area contributed by atoms with Crippen LogP contribution in [-0.4, -0.2) is 4.57 Å². The molecule has 0 spiro atoms. The van der Waals surface area contributed by atoms with E-state index in [1.54, 1.807) is 5.57 Å². The largest absolute Gasteiger partial charge is 0.313 e. The van der Waals surface area contributed by atoms with Crippen molar-refractivity contribution in [3.05, 3.63) is 209 Å². The lowest BCUT2D eigenvalue weighted by molar-refractivity contribution is 0.841. The molecule has 0 N–H and O–H groups in total. The molecular weight excluding hydrogens is 665 g/mol. The minimum absolute atomic E-state index is 0.354. The molecular formula is C53H42N2.